The number of hydrogen-bond donors (Lipinski definition) is 3. The Hall–Kier alpha value is -2.71. The zero-order chi connectivity index (χ0) is 20.1. The van der Waals surface area contributed by atoms with E-state index in [0.717, 1.165) is 29.7 Å². The van der Waals surface area contributed by atoms with Crippen LogP contribution in [0.1, 0.15) is 33.0 Å². The number of nitrogens with zero attached hydrogens (tertiary/aromatic N) is 4. The Balaban J connectivity index is 1.93. The van der Waals surface area contributed by atoms with Crippen LogP contribution in [0.15, 0.2) is 42.4 Å². The molecule has 0 radical (unpaired) electrons. The third kappa shape index (κ3) is 2.80. The standard InChI is InChI=1S/C20H23N5O2S/c1-4-12-9-13(16(26)10-20(12,3)27)18-22-23-19(28)25(18)15-8-6-7-14-17(15)21-11-24(14)5-2/h6-12,26-27H,4-5H2,1-3H3,(H,23,28). The molecule has 2 atom stereocenters. The third-order valence-corrected chi connectivity index (χ3v) is 5.66. The molecular formula is C20H23N5O2S. The second-order valence-electron chi connectivity index (χ2n) is 7.21. The number of fused-ring (bicyclic) bond motifs is 1. The summed E-state index contributed by atoms with van der Waals surface area (Å²) in [6, 6.07) is 5.90. The fraction of sp³-hybridized carbons (Fsp3) is 0.350. The van der Waals surface area contributed by atoms with E-state index in [1.165, 1.54) is 6.08 Å². The number of rotatable bonds is 4. The Morgan fingerprint density at radius 2 is 2.11 bits per heavy atom. The molecule has 0 saturated carbocycles. The summed E-state index contributed by atoms with van der Waals surface area (Å²) in [5.41, 5.74) is 2.03. The Labute approximate surface area is 167 Å². The van der Waals surface area contributed by atoms with Gasteiger partial charge < -0.3 is 14.8 Å². The first kappa shape index (κ1) is 18.6. The highest BCUT2D eigenvalue weighted by atomic mass is 32.1. The van der Waals surface area contributed by atoms with Crippen LogP contribution in [-0.4, -0.2) is 40.1 Å². The van der Waals surface area contributed by atoms with Crippen molar-refractivity contribution in [3.63, 3.8) is 0 Å². The molecule has 0 fully saturated rings. The number of aliphatic hydroxyl groups excluding tert-OH is 1. The van der Waals surface area contributed by atoms with Crippen molar-refractivity contribution < 1.29 is 10.2 Å². The molecule has 2 aromatic heterocycles. The minimum absolute atomic E-state index is 0.0174. The van der Waals surface area contributed by atoms with Crippen LogP contribution in [0.25, 0.3) is 22.3 Å². The third-order valence-electron chi connectivity index (χ3n) is 5.39. The summed E-state index contributed by atoms with van der Waals surface area (Å²) in [4.78, 5) is 4.56. The van der Waals surface area contributed by atoms with Crippen molar-refractivity contribution in [2.24, 2.45) is 5.92 Å². The second kappa shape index (κ2) is 6.72. The van der Waals surface area contributed by atoms with Crippen molar-refractivity contribution in [3.05, 3.63) is 53.0 Å². The summed E-state index contributed by atoms with van der Waals surface area (Å²) in [7, 11) is 0. The van der Waals surface area contributed by atoms with Gasteiger partial charge in [0.15, 0.2) is 10.6 Å². The first-order valence-corrected chi connectivity index (χ1v) is 9.76. The van der Waals surface area contributed by atoms with Gasteiger partial charge in [0.2, 0.25) is 0 Å². The van der Waals surface area contributed by atoms with Crippen molar-refractivity contribution in [2.75, 3.05) is 0 Å². The van der Waals surface area contributed by atoms with Gasteiger partial charge in [-0.2, -0.15) is 5.10 Å². The van der Waals surface area contributed by atoms with Crippen LogP contribution < -0.4 is 0 Å². The van der Waals surface area contributed by atoms with Gasteiger partial charge in [0.1, 0.15) is 11.3 Å². The first-order chi connectivity index (χ1) is 13.4. The van der Waals surface area contributed by atoms with Crippen molar-refractivity contribution >= 4 is 28.8 Å². The van der Waals surface area contributed by atoms with Gasteiger partial charge in [-0.3, -0.25) is 9.67 Å². The minimum atomic E-state index is -1.11. The highest BCUT2D eigenvalue weighted by molar-refractivity contribution is 7.71. The fourth-order valence-corrected chi connectivity index (χ4v) is 4.07. The van der Waals surface area contributed by atoms with Crippen molar-refractivity contribution in [2.45, 2.75) is 39.3 Å². The Kier molecular flexibility index (Phi) is 4.47. The summed E-state index contributed by atoms with van der Waals surface area (Å²) in [5, 5.41) is 28.4. The molecule has 146 valence electrons. The SMILES string of the molecule is CCC1C=C(c2n[nH]c(=S)n2-c2cccc3c2ncn3CC)C(O)=CC1(C)O. The lowest BCUT2D eigenvalue weighted by atomic mass is 9.80. The predicted octanol–water partition coefficient (Wildman–Crippen LogP) is 3.92. The first-order valence-electron chi connectivity index (χ1n) is 9.35. The number of H-pyrrole nitrogens is 1. The molecule has 0 spiro atoms. The van der Waals surface area contributed by atoms with E-state index in [9.17, 15) is 10.2 Å². The van der Waals surface area contributed by atoms with E-state index in [1.54, 1.807) is 17.8 Å². The topological polar surface area (TPSA) is 91.9 Å². The lowest BCUT2D eigenvalue weighted by molar-refractivity contribution is 0.0604. The lowest BCUT2D eigenvalue weighted by Gasteiger charge is -2.31. The number of para-hydroxylation sites is 1. The van der Waals surface area contributed by atoms with Gasteiger partial charge >= 0.3 is 0 Å². The van der Waals surface area contributed by atoms with E-state index in [4.69, 9.17) is 12.2 Å². The van der Waals surface area contributed by atoms with Crippen LogP contribution in [0.2, 0.25) is 0 Å². The molecule has 8 heteroatoms. The molecule has 28 heavy (non-hydrogen) atoms. The number of aliphatic hydroxyl groups is 2. The van der Waals surface area contributed by atoms with Gasteiger partial charge in [-0.15, -0.1) is 0 Å². The molecule has 3 N–H and O–H groups in total. The van der Waals surface area contributed by atoms with Crippen LogP contribution in [0.5, 0.6) is 0 Å². The number of imidazole rings is 1. The van der Waals surface area contributed by atoms with E-state index < -0.39 is 5.60 Å². The maximum absolute atomic E-state index is 10.6. The molecular weight excluding hydrogens is 374 g/mol. The summed E-state index contributed by atoms with van der Waals surface area (Å²) in [5.74, 6) is 0.328. The molecule has 7 nitrogen and oxygen atoms in total. The number of hydrogen-bond acceptors (Lipinski definition) is 5. The molecule has 2 heterocycles. The average Bonchev–Trinajstić information content (AvgIpc) is 3.24. The Morgan fingerprint density at radius 3 is 2.82 bits per heavy atom. The number of aromatic amines is 1. The molecule has 3 aromatic rings. The smallest absolute Gasteiger partial charge is 0.200 e. The summed E-state index contributed by atoms with van der Waals surface area (Å²) in [6.45, 7) is 6.57. The van der Waals surface area contributed by atoms with E-state index in [-0.39, 0.29) is 11.7 Å². The summed E-state index contributed by atoms with van der Waals surface area (Å²) >= 11 is 5.50. The maximum atomic E-state index is 10.6. The molecule has 0 aliphatic heterocycles. The van der Waals surface area contributed by atoms with Gasteiger partial charge in [-0.25, -0.2) is 4.98 Å². The fourth-order valence-electron chi connectivity index (χ4n) is 3.84. The maximum Gasteiger partial charge on any atom is 0.200 e. The second-order valence-corrected chi connectivity index (χ2v) is 7.60. The minimum Gasteiger partial charge on any atom is -0.507 e. The zero-order valence-corrected chi connectivity index (χ0v) is 16.9. The molecule has 1 aromatic carbocycles. The zero-order valence-electron chi connectivity index (χ0n) is 16.0. The van der Waals surface area contributed by atoms with Crippen LogP contribution in [-0.2, 0) is 6.54 Å². The van der Waals surface area contributed by atoms with Gasteiger partial charge in [-0.1, -0.05) is 19.1 Å². The van der Waals surface area contributed by atoms with E-state index in [2.05, 4.69) is 26.7 Å². The van der Waals surface area contributed by atoms with Gasteiger partial charge in [0, 0.05) is 12.5 Å². The molecule has 0 amide bonds. The monoisotopic (exact) mass is 397 g/mol. The molecule has 4 rings (SSSR count). The van der Waals surface area contributed by atoms with Crippen LogP contribution >= 0.6 is 12.2 Å². The molecule has 2 unspecified atom stereocenters. The number of allylic oxidation sites excluding steroid dienone is 1. The van der Waals surface area contributed by atoms with Crippen LogP contribution in [0.4, 0.5) is 0 Å². The molecule has 1 aliphatic carbocycles. The summed E-state index contributed by atoms with van der Waals surface area (Å²) < 4.78 is 4.25. The number of aromatic nitrogens is 5. The number of nitrogens with one attached hydrogen (secondary N) is 1. The van der Waals surface area contributed by atoms with Gasteiger partial charge in [-0.05, 0) is 50.7 Å². The largest absolute Gasteiger partial charge is 0.507 e. The average molecular weight is 398 g/mol. The molecule has 0 bridgehead atoms. The number of benzene rings is 1. The van der Waals surface area contributed by atoms with E-state index in [0.29, 0.717) is 16.2 Å². The van der Waals surface area contributed by atoms with Gasteiger partial charge in [0.05, 0.1) is 28.7 Å². The molecule has 1 aliphatic rings. The van der Waals surface area contributed by atoms with E-state index >= 15 is 0 Å². The lowest BCUT2D eigenvalue weighted by Crippen LogP contribution is -2.34. The van der Waals surface area contributed by atoms with Crippen molar-refractivity contribution in [1.82, 2.24) is 24.3 Å². The Bertz CT molecular complexity index is 1160. The van der Waals surface area contributed by atoms with Crippen LogP contribution in [0.3, 0.4) is 0 Å². The highest BCUT2D eigenvalue weighted by Crippen LogP contribution is 2.37. The van der Waals surface area contributed by atoms with E-state index in [1.807, 2.05) is 31.2 Å². The van der Waals surface area contributed by atoms with Gasteiger partial charge in [0.25, 0.3) is 0 Å². The quantitative estimate of drug-likeness (QED) is 0.581. The highest BCUT2D eigenvalue weighted by Gasteiger charge is 2.34. The Morgan fingerprint density at radius 1 is 1.32 bits per heavy atom. The van der Waals surface area contributed by atoms with Crippen molar-refractivity contribution in [1.29, 1.82) is 0 Å². The number of aryl methyl sites for hydroxylation is 1. The van der Waals surface area contributed by atoms with Crippen LogP contribution in [0, 0.1) is 10.7 Å². The predicted molar refractivity (Wildman–Crippen MR) is 111 cm³/mol. The normalized spacial score (nSPS) is 22.4. The van der Waals surface area contributed by atoms with Crippen molar-refractivity contribution in [3.8, 4) is 5.69 Å². The summed E-state index contributed by atoms with van der Waals surface area (Å²) in [6.07, 6.45) is 5.87. The molecule has 0 saturated heterocycles.